The molecule has 0 spiro atoms. The summed E-state index contributed by atoms with van der Waals surface area (Å²) in [6.45, 7) is 7.18. The summed E-state index contributed by atoms with van der Waals surface area (Å²) >= 11 is 0. The molecule has 1 aliphatic rings. The minimum atomic E-state index is 0.500. The summed E-state index contributed by atoms with van der Waals surface area (Å²) < 4.78 is 0. The summed E-state index contributed by atoms with van der Waals surface area (Å²) in [6.07, 6.45) is 8.43. The van der Waals surface area contributed by atoms with Gasteiger partial charge in [-0.15, -0.1) is 0 Å². The van der Waals surface area contributed by atoms with Gasteiger partial charge in [-0.1, -0.05) is 27.2 Å². The predicted octanol–water partition coefficient (Wildman–Crippen LogP) is 4.97. The molecule has 2 aromatic rings. The van der Waals surface area contributed by atoms with Crippen molar-refractivity contribution in [3.63, 3.8) is 0 Å². The fourth-order valence-corrected chi connectivity index (χ4v) is 3.57. The molecule has 1 saturated carbocycles. The van der Waals surface area contributed by atoms with Crippen molar-refractivity contribution in [3.8, 4) is 0 Å². The number of aromatic nitrogens is 2. The minimum Gasteiger partial charge on any atom is -0.382 e. The van der Waals surface area contributed by atoms with Gasteiger partial charge in [-0.25, -0.2) is 0 Å². The smallest absolute Gasteiger partial charge is 0.0670 e. The minimum absolute atomic E-state index is 0.500. The highest BCUT2D eigenvalue weighted by Gasteiger charge is 2.31. The van der Waals surface area contributed by atoms with Crippen molar-refractivity contribution in [1.29, 1.82) is 0 Å². The lowest BCUT2D eigenvalue weighted by atomic mass is 9.69. The normalized spacial score (nSPS) is 23.4. The van der Waals surface area contributed by atoms with Crippen LogP contribution in [0.25, 0.3) is 10.9 Å². The van der Waals surface area contributed by atoms with Crippen molar-refractivity contribution in [3.05, 3.63) is 24.4 Å². The van der Waals surface area contributed by atoms with E-state index in [9.17, 15) is 0 Å². The molecule has 1 aliphatic carbocycles. The van der Waals surface area contributed by atoms with Gasteiger partial charge in [-0.3, -0.25) is 5.10 Å². The highest BCUT2D eigenvalue weighted by molar-refractivity contribution is 5.81. The first kappa shape index (κ1) is 14.4. The van der Waals surface area contributed by atoms with Crippen LogP contribution in [0.3, 0.4) is 0 Å². The molecule has 1 aromatic carbocycles. The maximum Gasteiger partial charge on any atom is 0.0670 e. The molecule has 3 rings (SSSR count). The maximum absolute atomic E-state index is 4.08. The first-order chi connectivity index (χ1) is 10.1. The number of nitrogens with zero attached hydrogens (tertiary/aromatic N) is 1. The van der Waals surface area contributed by atoms with Crippen LogP contribution in [0.5, 0.6) is 0 Å². The lowest BCUT2D eigenvalue weighted by Crippen LogP contribution is -2.32. The average Bonchev–Trinajstić information content (AvgIpc) is 2.95. The first-order valence-corrected chi connectivity index (χ1v) is 8.28. The van der Waals surface area contributed by atoms with Gasteiger partial charge in [0.05, 0.1) is 11.7 Å². The number of rotatable bonds is 4. The molecule has 114 valence electrons. The van der Waals surface area contributed by atoms with Gasteiger partial charge in [0.15, 0.2) is 0 Å². The number of H-pyrrole nitrogens is 1. The van der Waals surface area contributed by atoms with E-state index in [2.05, 4.69) is 54.5 Å². The number of hydrogen-bond acceptors (Lipinski definition) is 2. The van der Waals surface area contributed by atoms with Crippen molar-refractivity contribution in [1.82, 2.24) is 10.2 Å². The second-order valence-corrected chi connectivity index (χ2v) is 7.21. The largest absolute Gasteiger partial charge is 0.382 e. The molecule has 0 aliphatic heterocycles. The van der Waals surface area contributed by atoms with Crippen molar-refractivity contribution >= 4 is 16.6 Å². The maximum atomic E-state index is 4.08. The molecule has 0 saturated heterocycles. The van der Waals surface area contributed by atoms with Crippen molar-refractivity contribution in [2.75, 3.05) is 5.32 Å². The molecule has 3 nitrogen and oxygen atoms in total. The topological polar surface area (TPSA) is 40.7 Å². The fraction of sp³-hybridized carbons (Fsp3) is 0.611. The average molecular weight is 285 g/mol. The molecular weight excluding hydrogens is 258 g/mol. The Morgan fingerprint density at radius 2 is 2.00 bits per heavy atom. The fourth-order valence-electron chi connectivity index (χ4n) is 3.57. The molecule has 0 atom stereocenters. The van der Waals surface area contributed by atoms with Gasteiger partial charge in [0, 0.05) is 17.1 Å². The number of aromatic amines is 1. The summed E-state index contributed by atoms with van der Waals surface area (Å²) in [7, 11) is 0. The summed E-state index contributed by atoms with van der Waals surface area (Å²) in [5.74, 6) is 0.885. The number of anilines is 1. The van der Waals surface area contributed by atoms with Crippen LogP contribution in [0.2, 0.25) is 0 Å². The van der Waals surface area contributed by atoms with E-state index in [0.717, 1.165) is 11.4 Å². The van der Waals surface area contributed by atoms with Crippen molar-refractivity contribution in [2.45, 2.75) is 58.9 Å². The third-order valence-corrected chi connectivity index (χ3v) is 5.56. The van der Waals surface area contributed by atoms with Crippen LogP contribution in [0.1, 0.15) is 52.9 Å². The van der Waals surface area contributed by atoms with Gasteiger partial charge in [0.25, 0.3) is 0 Å². The van der Waals surface area contributed by atoms with E-state index in [0.29, 0.717) is 11.5 Å². The van der Waals surface area contributed by atoms with E-state index in [1.54, 1.807) is 0 Å². The van der Waals surface area contributed by atoms with E-state index in [1.807, 2.05) is 6.20 Å². The van der Waals surface area contributed by atoms with Crippen molar-refractivity contribution in [2.24, 2.45) is 11.3 Å². The third kappa shape index (κ3) is 3.07. The predicted molar refractivity (Wildman–Crippen MR) is 89.5 cm³/mol. The Morgan fingerprint density at radius 3 is 2.71 bits per heavy atom. The van der Waals surface area contributed by atoms with Crippen LogP contribution >= 0.6 is 0 Å². The van der Waals surface area contributed by atoms with Crippen LogP contribution in [0.4, 0.5) is 5.69 Å². The highest BCUT2D eigenvalue weighted by atomic mass is 15.1. The van der Waals surface area contributed by atoms with Gasteiger partial charge in [0.2, 0.25) is 0 Å². The lowest BCUT2D eigenvalue weighted by molar-refractivity contribution is 0.147. The van der Waals surface area contributed by atoms with Gasteiger partial charge >= 0.3 is 0 Å². The quantitative estimate of drug-likeness (QED) is 0.832. The van der Waals surface area contributed by atoms with Gasteiger partial charge < -0.3 is 5.32 Å². The molecule has 2 N–H and O–H groups in total. The Morgan fingerprint density at radius 1 is 1.24 bits per heavy atom. The molecule has 0 bridgehead atoms. The number of nitrogens with one attached hydrogen (secondary N) is 2. The third-order valence-electron chi connectivity index (χ3n) is 5.56. The molecule has 0 radical (unpaired) electrons. The summed E-state index contributed by atoms with van der Waals surface area (Å²) in [5, 5.41) is 12.0. The van der Waals surface area contributed by atoms with Crippen molar-refractivity contribution < 1.29 is 0 Å². The summed E-state index contributed by atoms with van der Waals surface area (Å²) in [5.41, 5.74) is 2.82. The molecule has 0 unspecified atom stereocenters. The zero-order chi connectivity index (χ0) is 14.9. The highest BCUT2D eigenvalue weighted by Crippen LogP contribution is 2.40. The Hall–Kier alpha value is -1.51. The standard InChI is InChI=1S/C18H27N3/c1-4-18(2,3)14-6-9-15(10-7-14)20-16-8-5-13-12-19-21-17(13)11-16/h5,8,11-12,14-15,20H,4,6-7,9-10H2,1-3H3,(H,19,21). The Kier molecular flexibility index (Phi) is 3.92. The molecule has 1 heterocycles. The van der Waals surface area contributed by atoms with Gasteiger partial charge in [-0.2, -0.15) is 5.10 Å². The Bertz CT molecular complexity index is 591. The summed E-state index contributed by atoms with van der Waals surface area (Å²) in [6, 6.07) is 7.09. The van der Waals surface area contributed by atoms with E-state index < -0.39 is 0 Å². The van der Waals surface area contributed by atoms with E-state index >= 15 is 0 Å². The number of benzene rings is 1. The SMILES string of the molecule is CCC(C)(C)C1CCC(Nc2ccc3cn[nH]c3c2)CC1. The second kappa shape index (κ2) is 5.70. The molecule has 0 amide bonds. The van der Waals surface area contributed by atoms with Crippen LogP contribution in [0, 0.1) is 11.3 Å². The van der Waals surface area contributed by atoms with Crippen LogP contribution < -0.4 is 5.32 Å². The summed E-state index contributed by atoms with van der Waals surface area (Å²) in [4.78, 5) is 0. The number of fused-ring (bicyclic) bond motifs is 1. The van der Waals surface area contributed by atoms with E-state index in [4.69, 9.17) is 0 Å². The Labute approximate surface area is 127 Å². The van der Waals surface area contributed by atoms with Crippen LogP contribution in [0.15, 0.2) is 24.4 Å². The van der Waals surface area contributed by atoms with E-state index in [-0.39, 0.29) is 0 Å². The molecule has 21 heavy (non-hydrogen) atoms. The van der Waals surface area contributed by atoms with Crippen LogP contribution in [-0.2, 0) is 0 Å². The van der Waals surface area contributed by atoms with Gasteiger partial charge in [-0.05, 0) is 55.2 Å². The molecule has 1 aromatic heterocycles. The zero-order valence-corrected chi connectivity index (χ0v) is 13.4. The Balaban J connectivity index is 1.60. The second-order valence-electron chi connectivity index (χ2n) is 7.21. The molecule has 1 fully saturated rings. The zero-order valence-electron chi connectivity index (χ0n) is 13.4. The van der Waals surface area contributed by atoms with Gasteiger partial charge in [0.1, 0.15) is 0 Å². The first-order valence-electron chi connectivity index (χ1n) is 8.28. The van der Waals surface area contributed by atoms with E-state index in [1.165, 1.54) is 43.2 Å². The van der Waals surface area contributed by atoms with Crippen LogP contribution in [-0.4, -0.2) is 16.2 Å². The molecular formula is C18H27N3. The number of hydrogen-bond donors (Lipinski definition) is 2. The monoisotopic (exact) mass is 285 g/mol. The molecule has 3 heteroatoms. The lowest BCUT2D eigenvalue weighted by Gasteiger charge is -2.39.